The summed E-state index contributed by atoms with van der Waals surface area (Å²) in [5.41, 5.74) is 2.99. The van der Waals surface area contributed by atoms with E-state index in [1.54, 1.807) is 12.3 Å². The minimum absolute atomic E-state index is 0.262. The number of H-pyrrole nitrogens is 1. The van der Waals surface area contributed by atoms with Crippen LogP contribution in [0.25, 0.3) is 10.9 Å². The van der Waals surface area contributed by atoms with Crippen molar-refractivity contribution in [3.63, 3.8) is 0 Å². The van der Waals surface area contributed by atoms with Gasteiger partial charge in [0.2, 0.25) is 0 Å². The molecule has 124 valence electrons. The predicted molar refractivity (Wildman–Crippen MR) is 96.2 cm³/mol. The highest BCUT2D eigenvalue weighted by Gasteiger charge is 2.13. The summed E-state index contributed by atoms with van der Waals surface area (Å²) >= 11 is 0. The zero-order valence-corrected chi connectivity index (χ0v) is 13.8. The first-order valence-electron chi connectivity index (χ1n) is 8.05. The van der Waals surface area contributed by atoms with Crippen LogP contribution in [0.15, 0.2) is 48.7 Å². The molecule has 0 unspecified atom stereocenters. The lowest BCUT2D eigenvalue weighted by molar-refractivity contribution is 0.102. The van der Waals surface area contributed by atoms with Gasteiger partial charge in [0.05, 0.1) is 5.56 Å². The molecule has 0 bridgehead atoms. The average molecular weight is 325 g/mol. The number of anilines is 2. The monoisotopic (exact) mass is 325 g/mol. The van der Waals surface area contributed by atoms with Gasteiger partial charge in [-0.1, -0.05) is 0 Å². The number of hydrogen-bond acceptors (Lipinski definition) is 2. The van der Waals surface area contributed by atoms with Crippen molar-refractivity contribution in [2.24, 2.45) is 0 Å². The number of benzene rings is 2. The first-order valence-corrected chi connectivity index (χ1v) is 8.05. The summed E-state index contributed by atoms with van der Waals surface area (Å²) in [4.78, 5) is 17.7. The Kier molecular flexibility index (Phi) is 4.51. The van der Waals surface area contributed by atoms with Crippen LogP contribution in [0.4, 0.5) is 15.8 Å². The Labute approximate surface area is 140 Å². The number of rotatable bonds is 5. The van der Waals surface area contributed by atoms with Crippen LogP contribution >= 0.6 is 0 Å². The Morgan fingerprint density at radius 1 is 1.12 bits per heavy atom. The molecule has 0 aliphatic carbocycles. The Bertz CT molecular complexity index is 851. The van der Waals surface area contributed by atoms with Crippen molar-refractivity contribution in [3.05, 3.63) is 60.0 Å². The van der Waals surface area contributed by atoms with Gasteiger partial charge in [-0.2, -0.15) is 0 Å². The minimum atomic E-state index is -0.361. The molecule has 3 aromatic rings. The summed E-state index contributed by atoms with van der Waals surface area (Å²) in [6.07, 6.45) is 1.60. The Morgan fingerprint density at radius 3 is 2.50 bits per heavy atom. The lowest BCUT2D eigenvalue weighted by atomic mass is 10.1. The number of carbonyl (C=O) groups is 1. The van der Waals surface area contributed by atoms with Gasteiger partial charge in [0, 0.05) is 41.6 Å². The topological polar surface area (TPSA) is 48.1 Å². The number of fused-ring (bicyclic) bond motifs is 1. The molecule has 1 amide bonds. The fourth-order valence-corrected chi connectivity index (χ4v) is 2.82. The molecule has 24 heavy (non-hydrogen) atoms. The Balaban J connectivity index is 1.80. The van der Waals surface area contributed by atoms with E-state index < -0.39 is 0 Å². The van der Waals surface area contributed by atoms with Crippen molar-refractivity contribution in [2.45, 2.75) is 13.8 Å². The third-order valence-electron chi connectivity index (χ3n) is 4.14. The number of carbonyl (C=O) groups excluding carboxylic acids is 1. The largest absolute Gasteiger partial charge is 0.372 e. The van der Waals surface area contributed by atoms with Gasteiger partial charge in [-0.3, -0.25) is 4.79 Å². The molecule has 3 rings (SSSR count). The third kappa shape index (κ3) is 3.11. The molecule has 0 saturated carbocycles. The summed E-state index contributed by atoms with van der Waals surface area (Å²) in [6, 6.07) is 12.1. The molecule has 0 radical (unpaired) electrons. The number of hydrogen-bond donors (Lipinski definition) is 2. The van der Waals surface area contributed by atoms with Crippen LogP contribution < -0.4 is 10.2 Å². The molecule has 1 aromatic heterocycles. The molecule has 2 aromatic carbocycles. The van der Waals surface area contributed by atoms with Crippen molar-refractivity contribution in [3.8, 4) is 0 Å². The van der Waals surface area contributed by atoms with Gasteiger partial charge >= 0.3 is 0 Å². The zero-order valence-electron chi connectivity index (χ0n) is 13.8. The number of nitrogens with one attached hydrogen (secondary N) is 2. The fraction of sp³-hybridized carbons (Fsp3) is 0.211. The van der Waals surface area contributed by atoms with Crippen LogP contribution in [0.1, 0.15) is 24.2 Å². The summed E-state index contributed by atoms with van der Waals surface area (Å²) in [6.45, 7) is 6.08. The maximum Gasteiger partial charge on any atom is 0.257 e. The summed E-state index contributed by atoms with van der Waals surface area (Å²) in [7, 11) is 0. The van der Waals surface area contributed by atoms with Gasteiger partial charge in [0.15, 0.2) is 0 Å². The molecular weight excluding hydrogens is 305 g/mol. The standard InChI is InChI=1S/C19H20FN3O/c1-3-23(4-2)15-8-6-14(7-9-15)22-19(24)17-12-21-18-10-5-13(20)11-16(17)18/h5-12,21H,3-4H2,1-2H3,(H,22,24). The minimum Gasteiger partial charge on any atom is -0.372 e. The molecule has 0 aliphatic heterocycles. The first-order chi connectivity index (χ1) is 11.6. The number of halogens is 1. The maximum absolute atomic E-state index is 13.4. The van der Waals surface area contributed by atoms with E-state index in [9.17, 15) is 9.18 Å². The van der Waals surface area contributed by atoms with Crippen molar-refractivity contribution in [2.75, 3.05) is 23.3 Å². The van der Waals surface area contributed by atoms with Crippen molar-refractivity contribution >= 4 is 28.2 Å². The van der Waals surface area contributed by atoms with Gasteiger partial charge in [-0.25, -0.2) is 4.39 Å². The van der Waals surface area contributed by atoms with Crippen LogP contribution in [-0.4, -0.2) is 24.0 Å². The van der Waals surface area contributed by atoms with Crippen LogP contribution in [-0.2, 0) is 0 Å². The average Bonchev–Trinajstić information content (AvgIpc) is 3.00. The van der Waals surface area contributed by atoms with Crippen molar-refractivity contribution in [1.29, 1.82) is 0 Å². The molecule has 0 aliphatic rings. The Morgan fingerprint density at radius 2 is 1.83 bits per heavy atom. The van der Waals surface area contributed by atoms with E-state index in [1.165, 1.54) is 12.1 Å². The molecule has 1 heterocycles. The van der Waals surface area contributed by atoms with Crippen molar-refractivity contribution in [1.82, 2.24) is 4.98 Å². The molecule has 0 fully saturated rings. The van der Waals surface area contributed by atoms with Gasteiger partial charge in [-0.15, -0.1) is 0 Å². The first kappa shape index (κ1) is 16.1. The fourth-order valence-electron chi connectivity index (χ4n) is 2.82. The number of amides is 1. The van der Waals surface area contributed by atoms with Gasteiger partial charge < -0.3 is 15.2 Å². The number of aromatic amines is 1. The second kappa shape index (κ2) is 6.74. The van der Waals surface area contributed by atoms with Gasteiger partial charge in [0.1, 0.15) is 5.82 Å². The van der Waals surface area contributed by atoms with Crippen LogP contribution in [0.5, 0.6) is 0 Å². The lowest BCUT2D eigenvalue weighted by Crippen LogP contribution is -2.21. The molecule has 5 heteroatoms. The highest BCUT2D eigenvalue weighted by Crippen LogP contribution is 2.22. The van der Waals surface area contributed by atoms with E-state index in [1.807, 2.05) is 24.3 Å². The molecule has 0 saturated heterocycles. The summed E-state index contributed by atoms with van der Waals surface area (Å²) in [5, 5.41) is 3.43. The molecule has 2 N–H and O–H groups in total. The molecule has 0 spiro atoms. The van der Waals surface area contributed by atoms with Crippen LogP contribution in [0, 0.1) is 5.82 Å². The zero-order chi connectivity index (χ0) is 17.1. The molecule has 0 atom stereocenters. The number of aromatic nitrogens is 1. The van der Waals surface area contributed by atoms with E-state index >= 15 is 0 Å². The van der Waals surface area contributed by atoms with E-state index in [4.69, 9.17) is 0 Å². The van der Waals surface area contributed by atoms with Crippen molar-refractivity contribution < 1.29 is 9.18 Å². The normalized spacial score (nSPS) is 10.8. The molecular formula is C19H20FN3O. The van der Waals surface area contributed by atoms with Gasteiger partial charge in [0.25, 0.3) is 5.91 Å². The Hall–Kier alpha value is -2.82. The van der Waals surface area contributed by atoms with Gasteiger partial charge in [-0.05, 0) is 56.3 Å². The van der Waals surface area contributed by atoms with E-state index in [-0.39, 0.29) is 11.7 Å². The van der Waals surface area contributed by atoms with E-state index in [2.05, 4.69) is 29.0 Å². The highest BCUT2D eigenvalue weighted by atomic mass is 19.1. The molecule has 4 nitrogen and oxygen atoms in total. The maximum atomic E-state index is 13.4. The SMILES string of the molecule is CCN(CC)c1ccc(NC(=O)c2c[nH]c3ccc(F)cc23)cc1. The predicted octanol–water partition coefficient (Wildman–Crippen LogP) is 4.41. The smallest absolute Gasteiger partial charge is 0.257 e. The highest BCUT2D eigenvalue weighted by molar-refractivity contribution is 6.12. The van der Waals surface area contributed by atoms with E-state index in [0.717, 1.165) is 24.3 Å². The third-order valence-corrected chi connectivity index (χ3v) is 4.14. The second-order valence-corrected chi connectivity index (χ2v) is 5.57. The van der Waals surface area contributed by atoms with Crippen LogP contribution in [0.2, 0.25) is 0 Å². The lowest BCUT2D eigenvalue weighted by Gasteiger charge is -2.21. The quantitative estimate of drug-likeness (QED) is 0.730. The van der Waals surface area contributed by atoms with E-state index in [0.29, 0.717) is 16.6 Å². The second-order valence-electron chi connectivity index (χ2n) is 5.57. The summed E-state index contributed by atoms with van der Waals surface area (Å²) in [5.74, 6) is -0.623. The number of nitrogens with zero attached hydrogens (tertiary/aromatic N) is 1. The van der Waals surface area contributed by atoms with Crippen LogP contribution in [0.3, 0.4) is 0 Å². The summed E-state index contributed by atoms with van der Waals surface area (Å²) < 4.78 is 13.4.